The predicted octanol–water partition coefficient (Wildman–Crippen LogP) is 3.92. The first-order valence-corrected chi connectivity index (χ1v) is 6.06. The van der Waals surface area contributed by atoms with Gasteiger partial charge in [0.2, 0.25) is 5.91 Å². The predicted molar refractivity (Wildman–Crippen MR) is 71.6 cm³/mol. The Morgan fingerprint density at radius 3 is 2.69 bits per heavy atom. The molecule has 3 heteroatoms. The number of rotatable bonds is 3. The number of carbonyl (C=O) groups is 1. The molecule has 2 nitrogen and oxygen atoms in total. The SMILES string of the molecule is CCc1cc(Br)ccc1NC(=O)C=C(C)C. The normalized spacial score (nSPS) is 9.75. The van der Waals surface area contributed by atoms with Crippen LogP contribution in [0.3, 0.4) is 0 Å². The zero-order chi connectivity index (χ0) is 12.1. The van der Waals surface area contributed by atoms with Gasteiger partial charge in [-0.1, -0.05) is 28.4 Å². The minimum absolute atomic E-state index is 0.0722. The number of allylic oxidation sites excluding steroid dienone is 1. The summed E-state index contributed by atoms with van der Waals surface area (Å²) in [6.45, 7) is 5.88. The summed E-state index contributed by atoms with van der Waals surface area (Å²) >= 11 is 3.42. The molecule has 1 aromatic rings. The van der Waals surface area contributed by atoms with Gasteiger partial charge in [0.1, 0.15) is 0 Å². The molecule has 0 saturated carbocycles. The van der Waals surface area contributed by atoms with E-state index in [1.165, 1.54) is 0 Å². The third kappa shape index (κ3) is 3.81. The van der Waals surface area contributed by atoms with E-state index in [4.69, 9.17) is 0 Å². The highest BCUT2D eigenvalue weighted by Gasteiger charge is 2.04. The Morgan fingerprint density at radius 2 is 2.12 bits per heavy atom. The fourth-order valence-electron chi connectivity index (χ4n) is 1.41. The molecule has 1 amide bonds. The van der Waals surface area contributed by atoms with Crippen molar-refractivity contribution in [2.45, 2.75) is 27.2 Å². The number of hydrogen-bond donors (Lipinski definition) is 1. The number of nitrogens with one attached hydrogen (secondary N) is 1. The molecule has 86 valence electrons. The van der Waals surface area contributed by atoms with Crippen molar-refractivity contribution in [3.8, 4) is 0 Å². The molecule has 0 aliphatic carbocycles. The highest BCUT2D eigenvalue weighted by molar-refractivity contribution is 9.10. The van der Waals surface area contributed by atoms with Crippen LogP contribution in [0.15, 0.2) is 34.3 Å². The molecule has 0 spiro atoms. The van der Waals surface area contributed by atoms with Crippen LogP contribution in [-0.2, 0) is 11.2 Å². The molecule has 1 N–H and O–H groups in total. The summed E-state index contributed by atoms with van der Waals surface area (Å²) in [7, 11) is 0. The maximum absolute atomic E-state index is 11.6. The van der Waals surface area contributed by atoms with Crippen LogP contribution in [0.25, 0.3) is 0 Å². The summed E-state index contributed by atoms with van der Waals surface area (Å²) in [5, 5.41) is 2.88. The van der Waals surface area contributed by atoms with Gasteiger partial charge in [-0.3, -0.25) is 4.79 Å². The number of halogens is 1. The van der Waals surface area contributed by atoms with Crippen molar-refractivity contribution >= 4 is 27.5 Å². The summed E-state index contributed by atoms with van der Waals surface area (Å²) in [5.41, 5.74) is 3.01. The lowest BCUT2D eigenvalue weighted by molar-refractivity contribution is -0.111. The fraction of sp³-hybridized carbons (Fsp3) is 0.308. The minimum Gasteiger partial charge on any atom is -0.322 e. The summed E-state index contributed by atoms with van der Waals surface area (Å²) in [5.74, 6) is -0.0722. The lowest BCUT2D eigenvalue weighted by atomic mass is 10.1. The smallest absolute Gasteiger partial charge is 0.248 e. The van der Waals surface area contributed by atoms with Crippen LogP contribution in [0.4, 0.5) is 5.69 Å². The van der Waals surface area contributed by atoms with E-state index in [0.29, 0.717) is 0 Å². The van der Waals surface area contributed by atoms with Crippen molar-refractivity contribution in [2.75, 3.05) is 5.32 Å². The highest BCUT2D eigenvalue weighted by atomic mass is 79.9. The number of benzene rings is 1. The van der Waals surface area contributed by atoms with Gasteiger partial charge in [-0.25, -0.2) is 0 Å². The van der Waals surface area contributed by atoms with Crippen LogP contribution in [0, 0.1) is 0 Å². The van der Waals surface area contributed by atoms with Crippen molar-refractivity contribution in [2.24, 2.45) is 0 Å². The van der Waals surface area contributed by atoms with Crippen molar-refractivity contribution in [1.82, 2.24) is 0 Å². The van der Waals surface area contributed by atoms with E-state index in [0.717, 1.165) is 27.7 Å². The van der Waals surface area contributed by atoms with Crippen LogP contribution < -0.4 is 5.32 Å². The van der Waals surface area contributed by atoms with E-state index < -0.39 is 0 Å². The summed E-state index contributed by atoms with van der Waals surface area (Å²) < 4.78 is 1.03. The number of amides is 1. The number of anilines is 1. The summed E-state index contributed by atoms with van der Waals surface area (Å²) in [6.07, 6.45) is 2.49. The third-order valence-electron chi connectivity index (χ3n) is 2.13. The van der Waals surface area contributed by atoms with Gasteiger partial charge in [-0.15, -0.1) is 0 Å². The van der Waals surface area contributed by atoms with Gasteiger partial charge in [0.15, 0.2) is 0 Å². The molecule has 0 heterocycles. The Labute approximate surface area is 105 Å². The van der Waals surface area contributed by atoms with E-state index in [1.54, 1.807) is 6.08 Å². The molecular formula is C13H16BrNO. The third-order valence-corrected chi connectivity index (χ3v) is 2.62. The van der Waals surface area contributed by atoms with E-state index in [1.807, 2.05) is 32.0 Å². The first kappa shape index (κ1) is 13.0. The Hall–Kier alpha value is -1.09. The maximum Gasteiger partial charge on any atom is 0.248 e. The number of hydrogen-bond acceptors (Lipinski definition) is 1. The standard InChI is InChI=1S/C13H16BrNO/c1-4-10-8-11(14)5-6-12(10)15-13(16)7-9(2)3/h5-8H,4H2,1-3H3,(H,15,16). The Bertz CT molecular complexity index is 420. The molecule has 0 unspecified atom stereocenters. The van der Waals surface area contributed by atoms with Gasteiger partial charge in [-0.2, -0.15) is 0 Å². The molecule has 1 rings (SSSR count). The molecule has 0 fully saturated rings. The topological polar surface area (TPSA) is 29.1 Å². The Balaban J connectivity index is 2.89. The Morgan fingerprint density at radius 1 is 1.44 bits per heavy atom. The average molecular weight is 282 g/mol. The van der Waals surface area contributed by atoms with Crippen LogP contribution in [0.1, 0.15) is 26.3 Å². The van der Waals surface area contributed by atoms with Crippen molar-refractivity contribution in [3.63, 3.8) is 0 Å². The van der Waals surface area contributed by atoms with Crippen molar-refractivity contribution in [1.29, 1.82) is 0 Å². The molecular weight excluding hydrogens is 266 g/mol. The second-order valence-corrected chi connectivity index (χ2v) is 4.78. The van der Waals surface area contributed by atoms with E-state index in [9.17, 15) is 4.79 Å². The van der Waals surface area contributed by atoms with Crippen LogP contribution in [-0.4, -0.2) is 5.91 Å². The lowest BCUT2D eigenvalue weighted by Crippen LogP contribution is -2.10. The molecule has 0 bridgehead atoms. The van der Waals surface area contributed by atoms with Gasteiger partial charge in [0.25, 0.3) is 0 Å². The van der Waals surface area contributed by atoms with Gasteiger partial charge in [0.05, 0.1) is 0 Å². The summed E-state index contributed by atoms with van der Waals surface area (Å²) in [4.78, 5) is 11.6. The Kier molecular flexibility index (Phi) is 4.74. The first-order valence-electron chi connectivity index (χ1n) is 5.27. The molecule has 0 aliphatic rings. The summed E-state index contributed by atoms with van der Waals surface area (Å²) in [6, 6.07) is 5.87. The van der Waals surface area contributed by atoms with Crippen LogP contribution in [0.5, 0.6) is 0 Å². The second kappa shape index (κ2) is 5.85. The zero-order valence-electron chi connectivity index (χ0n) is 9.80. The number of aryl methyl sites for hydroxylation is 1. The van der Waals surface area contributed by atoms with E-state index in [2.05, 4.69) is 28.2 Å². The molecule has 0 aromatic heterocycles. The lowest BCUT2D eigenvalue weighted by Gasteiger charge is -2.08. The molecule has 1 aromatic carbocycles. The van der Waals surface area contributed by atoms with E-state index >= 15 is 0 Å². The zero-order valence-corrected chi connectivity index (χ0v) is 11.4. The van der Waals surface area contributed by atoms with Crippen LogP contribution >= 0.6 is 15.9 Å². The van der Waals surface area contributed by atoms with Crippen molar-refractivity contribution in [3.05, 3.63) is 39.9 Å². The minimum atomic E-state index is -0.0722. The van der Waals surface area contributed by atoms with Crippen molar-refractivity contribution < 1.29 is 4.79 Å². The molecule has 0 aliphatic heterocycles. The molecule has 0 atom stereocenters. The van der Waals surface area contributed by atoms with Gasteiger partial charge < -0.3 is 5.32 Å². The molecule has 0 saturated heterocycles. The largest absolute Gasteiger partial charge is 0.322 e. The fourth-order valence-corrected chi connectivity index (χ4v) is 1.82. The second-order valence-electron chi connectivity index (χ2n) is 3.87. The van der Waals surface area contributed by atoms with E-state index in [-0.39, 0.29) is 5.91 Å². The van der Waals surface area contributed by atoms with Gasteiger partial charge >= 0.3 is 0 Å². The quantitative estimate of drug-likeness (QED) is 0.836. The van der Waals surface area contributed by atoms with Gasteiger partial charge in [0, 0.05) is 16.2 Å². The molecule has 16 heavy (non-hydrogen) atoms. The maximum atomic E-state index is 11.6. The number of carbonyl (C=O) groups excluding carboxylic acids is 1. The monoisotopic (exact) mass is 281 g/mol. The highest BCUT2D eigenvalue weighted by Crippen LogP contribution is 2.21. The van der Waals surface area contributed by atoms with Gasteiger partial charge in [-0.05, 0) is 44.0 Å². The van der Waals surface area contributed by atoms with Crippen LogP contribution in [0.2, 0.25) is 0 Å². The molecule has 0 radical (unpaired) electrons. The average Bonchev–Trinajstić information content (AvgIpc) is 2.19. The first-order chi connectivity index (χ1) is 7.52.